The molecule has 0 spiro atoms. The van der Waals surface area contributed by atoms with Crippen molar-refractivity contribution in [2.45, 2.75) is 117 Å². The Labute approximate surface area is 195 Å². The number of hydrogen-bond donors (Lipinski definition) is 3. The van der Waals surface area contributed by atoms with Gasteiger partial charge in [0.1, 0.15) is 0 Å². The van der Waals surface area contributed by atoms with Crippen LogP contribution < -0.4 is 0 Å². The summed E-state index contributed by atoms with van der Waals surface area (Å²) in [6.07, 6.45) is 15.7. The lowest BCUT2D eigenvalue weighted by atomic mass is 9.49. The molecule has 32 heavy (non-hydrogen) atoms. The summed E-state index contributed by atoms with van der Waals surface area (Å²) in [7, 11) is 0. The van der Waals surface area contributed by atoms with Crippen molar-refractivity contribution in [2.24, 2.45) is 28.6 Å². The molecule has 7 atom stereocenters. The monoisotopic (exact) mass is 442 g/mol. The Morgan fingerprint density at radius 2 is 1.84 bits per heavy atom. The van der Waals surface area contributed by atoms with Crippen LogP contribution in [0, 0.1) is 28.6 Å². The summed E-state index contributed by atoms with van der Waals surface area (Å²) in [6, 6.07) is 0. The van der Waals surface area contributed by atoms with E-state index in [2.05, 4.69) is 52.8 Å². The Hall–Kier alpha value is -0.900. The van der Waals surface area contributed by atoms with Crippen molar-refractivity contribution >= 4 is 0 Å². The Balaban J connectivity index is 1.50. The third-order valence-electron chi connectivity index (χ3n) is 10.4. The van der Waals surface area contributed by atoms with E-state index in [0.717, 1.165) is 44.9 Å². The first-order chi connectivity index (χ1) is 15.1. The molecule has 2 fully saturated rings. The molecule has 2 unspecified atom stereocenters. The first kappa shape index (κ1) is 24.2. The third-order valence-corrected chi connectivity index (χ3v) is 10.4. The maximum atomic E-state index is 11.1. The second-order valence-electron chi connectivity index (χ2n) is 11.9. The zero-order valence-electron chi connectivity index (χ0n) is 21.0. The highest BCUT2D eigenvalue weighted by Crippen LogP contribution is 2.64. The molecule has 0 heterocycles. The molecular formula is C29H46O3. The number of fused-ring (bicyclic) bond motifs is 5. The molecule has 0 aromatic carbocycles. The van der Waals surface area contributed by atoms with Gasteiger partial charge in [-0.3, -0.25) is 0 Å². The largest absolute Gasteiger partial charge is 0.393 e. The normalized spacial score (nSPS) is 39.9. The van der Waals surface area contributed by atoms with Crippen LogP contribution in [0.1, 0.15) is 98.8 Å². The highest BCUT2D eigenvalue weighted by atomic mass is 16.3. The fraction of sp³-hybridized carbons (Fsp3) is 0.793. The molecule has 3 nitrogen and oxygen atoms in total. The minimum Gasteiger partial charge on any atom is -0.393 e. The average Bonchev–Trinajstić information content (AvgIpc) is 3.12. The van der Waals surface area contributed by atoms with E-state index in [1.165, 1.54) is 12.0 Å². The summed E-state index contributed by atoms with van der Waals surface area (Å²) < 4.78 is 0. The molecule has 4 aliphatic rings. The first-order valence-electron chi connectivity index (χ1n) is 13.3. The van der Waals surface area contributed by atoms with Crippen LogP contribution in [0.5, 0.6) is 0 Å². The molecule has 0 bridgehead atoms. The number of hydrogen-bond acceptors (Lipinski definition) is 3. The topological polar surface area (TPSA) is 60.7 Å². The summed E-state index contributed by atoms with van der Waals surface area (Å²) in [6.45, 7) is 11.3. The summed E-state index contributed by atoms with van der Waals surface area (Å²) in [5, 5.41) is 32.0. The lowest BCUT2D eigenvalue weighted by molar-refractivity contribution is -0.0492. The van der Waals surface area contributed by atoms with Gasteiger partial charge in [-0.1, -0.05) is 76.0 Å². The zero-order chi connectivity index (χ0) is 23.3. The zero-order valence-corrected chi connectivity index (χ0v) is 21.0. The van der Waals surface area contributed by atoms with Crippen LogP contribution in [0.4, 0.5) is 0 Å². The van der Waals surface area contributed by atoms with E-state index >= 15 is 0 Å². The van der Waals surface area contributed by atoms with Gasteiger partial charge >= 0.3 is 0 Å². The predicted octanol–water partition coefficient (Wildman–Crippen LogP) is 6.09. The van der Waals surface area contributed by atoms with Crippen LogP contribution in [0.3, 0.4) is 0 Å². The summed E-state index contributed by atoms with van der Waals surface area (Å²) >= 11 is 0. The van der Waals surface area contributed by atoms with Gasteiger partial charge in [-0.25, -0.2) is 0 Å². The van der Waals surface area contributed by atoms with Gasteiger partial charge in [0.25, 0.3) is 0 Å². The SMILES string of the molecule is CCC(O)(CC)CCC[C@@H](C)C1=CCC2C3=CC=C4C[C@@H](O)C[C@H](O)[C@]4(C)C3CC[C@]12C. The lowest BCUT2D eigenvalue weighted by Gasteiger charge is -2.56. The van der Waals surface area contributed by atoms with E-state index in [0.29, 0.717) is 30.6 Å². The van der Waals surface area contributed by atoms with Crippen LogP contribution in [-0.4, -0.2) is 33.1 Å². The number of rotatable bonds is 7. The summed E-state index contributed by atoms with van der Waals surface area (Å²) in [5.41, 5.74) is 3.94. The van der Waals surface area contributed by atoms with Gasteiger partial charge in [0.2, 0.25) is 0 Å². The smallest absolute Gasteiger partial charge is 0.0661 e. The standard InChI is InChI=1S/C29H46O3/c1-6-29(32,7-2)15-8-9-19(3)23-12-13-24-22-11-10-20-17-21(30)18-26(31)28(20,5)25(22)14-16-27(23,24)4/h10-12,19,21,24-26,30-32H,6-9,13-18H2,1-5H3/t19-,21-,24?,25?,26+,27-,28+/m1/s1. The van der Waals surface area contributed by atoms with Crippen molar-refractivity contribution in [1.29, 1.82) is 0 Å². The lowest BCUT2D eigenvalue weighted by Crippen LogP contribution is -2.52. The molecule has 0 aromatic heterocycles. The molecular weight excluding hydrogens is 396 g/mol. The van der Waals surface area contributed by atoms with Gasteiger partial charge in [0.15, 0.2) is 0 Å². The maximum Gasteiger partial charge on any atom is 0.0661 e. The second-order valence-corrected chi connectivity index (χ2v) is 11.9. The van der Waals surface area contributed by atoms with Gasteiger partial charge in [0.05, 0.1) is 17.8 Å². The fourth-order valence-corrected chi connectivity index (χ4v) is 7.93. The highest BCUT2D eigenvalue weighted by Gasteiger charge is 2.57. The molecule has 0 aliphatic heterocycles. The Kier molecular flexibility index (Phi) is 6.59. The van der Waals surface area contributed by atoms with Gasteiger partial charge in [0, 0.05) is 11.8 Å². The van der Waals surface area contributed by atoms with Gasteiger partial charge in [-0.05, 0) is 74.5 Å². The first-order valence-corrected chi connectivity index (χ1v) is 13.3. The van der Waals surface area contributed by atoms with E-state index in [1.54, 1.807) is 11.1 Å². The Morgan fingerprint density at radius 1 is 1.12 bits per heavy atom. The molecule has 3 heteroatoms. The minimum atomic E-state index is -0.491. The van der Waals surface area contributed by atoms with E-state index < -0.39 is 17.8 Å². The number of allylic oxidation sites excluding steroid dienone is 5. The molecule has 4 aliphatic carbocycles. The highest BCUT2D eigenvalue weighted by molar-refractivity contribution is 5.43. The molecule has 180 valence electrons. The van der Waals surface area contributed by atoms with Crippen molar-refractivity contribution in [3.63, 3.8) is 0 Å². The molecule has 0 radical (unpaired) electrons. The van der Waals surface area contributed by atoms with E-state index in [9.17, 15) is 15.3 Å². The fourth-order valence-electron chi connectivity index (χ4n) is 7.93. The molecule has 3 N–H and O–H groups in total. The van der Waals surface area contributed by atoms with Crippen LogP contribution in [0.2, 0.25) is 0 Å². The average molecular weight is 443 g/mol. The van der Waals surface area contributed by atoms with E-state index in [-0.39, 0.29) is 10.8 Å². The number of aliphatic hydroxyl groups excluding tert-OH is 2. The van der Waals surface area contributed by atoms with Crippen LogP contribution >= 0.6 is 0 Å². The van der Waals surface area contributed by atoms with Crippen molar-refractivity contribution in [1.82, 2.24) is 0 Å². The van der Waals surface area contributed by atoms with Gasteiger partial charge in [-0.2, -0.15) is 0 Å². The molecule has 0 amide bonds. The molecule has 0 saturated heterocycles. The molecule has 2 saturated carbocycles. The molecule has 4 rings (SSSR count). The quantitative estimate of drug-likeness (QED) is 0.418. The molecule has 0 aromatic rings. The van der Waals surface area contributed by atoms with Gasteiger partial charge < -0.3 is 15.3 Å². The van der Waals surface area contributed by atoms with Crippen LogP contribution in [-0.2, 0) is 0 Å². The van der Waals surface area contributed by atoms with Gasteiger partial charge in [-0.15, -0.1) is 0 Å². The van der Waals surface area contributed by atoms with E-state index in [1.807, 2.05) is 0 Å². The Bertz CT molecular complexity index is 803. The third kappa shape index (κ3) is 3.77. The van der Waals surface area contributed by atoms with Crippen LogP contribution in [0.15, 0.2) is 34.9 Å². The predicted molar refractivity (Wildman–Crippen MR) is 131 cm³/mol. The van der Waals surface area contributed by atoms with E-state index in [4.69, 9.17) is 0 Å². The van der Waals surface area contributed by atoms with Crippen molar-refractivity contribution in [3.05, 3.63) is 34.9 Å². The summed E-state index contributed by atoms with van der Waals surface area (Å²) in [5.74, 6) is 1.49. The summed E-state index contributed by atoms with van der Waals surface area (Å²) in [4.78, 5) is 0. The van der Waals surface area contributed by atoms with Crippen molar-refractivity contribution in [3.8, 4) is 0 Å². The maximum absolute atomic E-state index is 11.1. The second kappa shape index (κ2) is 8.71. The number of aliphatic hydroxyl groups is 3. The Morgan fingerprint density at radius 3 is 2.53 bits per heavy atom. The van der Waals surface area contributed by atoms with Crippen LogP contribution in [0.25, 0.3) is 0 Å². The minimum absolute atomic E-state index is 0.217. The van der Waals surface area contributed by atoms with Crippen molar-refractivity contribution in [2.75, 3.05) is 0 Å². The van der Waals surface area contributed by atoms with Crippen molar-refractivity contribution < 1.29 is 15.3 Å².